The molecule has 174 valence electrons. The number of carbonyl (C=O) groups excluding carboxylic acids is 2. The van der Waals surface area contributed by atoms with Crippen molar-refractivity contribution in [3.8, 4) is 22.1 Å². The second-order valence-corrected chi connectivity index (χ2v) is 9.39. The quantitative estimate of drug-likeness (QED) is 0.330. The molecular formula is C25H24N4O3S2. The van der Waals surface area contributed by atoms with Crippen molar-refractivity contribution in [2.45, 2.75) is 24.5 Å². The van der Waals surface area contributed by atoms with E-state index in [2.05, 4.69) is 15.5 Å². The predicted molar refractivity (Wildman–Crippen MR) is 135 cm³/mol. The SMILES string of the molecule is COc1ccccc1-n1c(SCC(=O)NC(Cc2ccccc2)C(C)=O)nnc1-c1cccs1. The molecular weight excluding hydrogens is 468 g/mol. The summed E-state index contributed by atoms with van der Waals surface area (Å²) in [5.74, 6) is 1.11. The lowest BCUT2D eigenvalue weighted by molar-refractivity contribution is -0.125. The van der Waals surface area contributed by atoms with Crippen molar-refractivity contribution in [2.24, 2.45) is 0 Å². The Morgan fingerprint density at radius 3 is 2.53 bits per heavy atom. The van der Waals surface area contributed by atoms with Gasteiger partial charge in [-0.15, -0.1) is 21.5 Å². The zero-order valence-corrected chi connectivity index (χ0v) is 20.4. The monoisotopic (exact) mass is 492 g/mol. The highest BCUT2D eigenvalue weighted by Gasteiger charge is 2.22. The summed E-state index contributed by atoms with van der Waals surface area (Å²) in [6.07, 6.45) is 0.451. The first-order chi connectivity index (χ1) is 16.6. The summed E-state index contributed by atoms with van der Waals surface area (Å²) in [6, 6.07) is 20.6. The average molecular weight is 493 g/mol. The summed E-state index contributed by atoms with van der Waals surface area (Å²) in [5.41, 5.74) is 1.78. The van der Waals surface area contributed by atoms with Gasteiger partial charge in [0.25, 0.3) is 0 Å². The van der Waals surface area contributed by atoms with Crippen molar-refractivity contribution >= 4 is 34.8 Å². The normalized spacial score (nSPS) is 11.7. The van der Waals surface area contributed by atoms with Gasteiger partial charge in [0.1, 0.15) is 5.75 Å². The van der Waals surface area contributed by atoms with Crippen LogP contribution in [0.5, 0.6) is 5.75 Å². The van der Waals surface area contributed by atoms with E-state index in [1.807, 2.05) is 76.7 Å². The van der Waals surface area contributed by atoms with Crippen LogP contribution in [0.1, 0.15) is 12.5 Å². The summed E-state index contributed by atoms with van der Waals surface area (Å²) in [4.78, 5) is 25.9. The Bertz CT molecular complexity index is 1260. The molecule has 4 aromatic rings. The molecule has 1 amide bonds. The number of aromatic nitrogens is 3. The van der Waals surface area contributed by atoms with Gasteiger partial charge in [0.2, 0.25) is 5.91 Å². The molecule has 0 spiro atoms. The number of rotatable bonds is 10. The number of thiophene rings is 1. The first-order valence-electron chi connectivity index (χ1n) is 10.7. The van der Waals surface area contributed by atoms with E-state index in [1.54, 1.807) is 18.4 Å². The summed E-state index contributed by atoms with van der Waals surface area (Å²) in [7, 11) is 1.61. The number of Topliss-reactive ketones (excluding diaryl/α,β-unsaturated/α-hetero) is 1. The fraction of sp³-hybridized carbons (Fsp3) is 0.200. The second-order valence-electron chi connectivity index (χ2n) is 7.50. The molecule has 7 nitrogen and oxygen atoms in total. The van der Waals surface area contributed by atoms with Gasteiger partial charge >= 0.3 is 0 Å². The Balaban J connectivity index is 1.53. The van der Waals surface area contributed by atoms with Crippen molar-refractivity contribution < 1.29 is 14.3 Å². The van der Waals surface area contributed by atoms with Crippen molar-refractivity contribution in [1.82, 2.24) is 20.1 Å². The third-order valence-corrected chi connectivity index (χ3v) is 6.94. The van der Waals surface area contributed by atoms with Crippen LogP contribution in [-0.2, 0) is 16.0 Å². The average Bonchev–Trinajstić information content (AvgIpc) is 3.53. The molecule has 34 heavy (non-hydrogen) atoms. The topological polar surface area (TPSA) is 86.1 Å². The highest BCUT2D eigenvalue weighted by atomic mass is 32.2. The van der Waals surface area contributed by atoms with Crippen molar-refractivity contribution in [3.63, 3.8) is 0 Å². The molecule has 0 radical (unpaired) electrons. The number of amides is 1. The Hall–Kier alpha value is -3.43. The zero-order chi connectivity index (χ0) is 23.9. The Labute approximate surface area is 206 Å². The van der Waals surface area contributed by atoms with Crippen LogP contribution in [0.3, 0.4) is 0 Å². The highest BCUT2D eigenvalue weighted by molar-refractivity contribution is 7.99. The summed E-state index contributed by atoms with van der Waals surface area (Å²) in [5, 5.41) is 14.2. The molecule has 0 bridgehead atoms. The third kappa shape index (κ3) is 5.55. The van der Waals surface area contributed by atoms with Crippen LogP contribution >= 0.6 is 23.1 Å². The molecule has 9 heteroatoms. The molecule has 1 atom stereocenters. The van der Waals surface area contributed by atoms with Gasteiger partial charge in [0.15, 0.2) is 16.8 Å². The molecule has 0 aliphatic heterocycles. The molecule has 1 N–H and O–H groups in total. The van der Waals surface area contributed by atoms with Crippen LogP contribution in [0.25, 0.3) is 16.4 Å². The first kappa shape index (κ1) is 23.7. The summed E-state index contributed by atoms with van der Waals surface area (Å²) in [6.45, 7) is 1.49. The smallest absolute Gasteiger partial charge is 0.231 e. The number of thioether (sulfide) groups is 1. The van der Waals surface area contributed by atoms with E-state index in [0.29, 0.717) is 23.2 Å². The Kier molecular flexibility index (Phi) is 7.76. The number of nitrogens with one attached hydrogen (secondary N) is 1. The fourth-order valence-corrected chi connectivity index (χ4v) is 4.93. The Morgan fingerprint density at radius 1 is 1.06 bits per heavy atom. The van der Waals surface area contributed by atoms with Crippen LogP contribution in [0.4, 0.5) is 0 Å². The second kappa shape index (κ2) is 11.1. The van der Waals surface area contributed by atoms with Gasteiger partial charge < -0.3 is 10.1 Å². The summed E-state index contributed by atoms with van der Waals surface area (Å²) < 4.78 is 7.46. The first-order valence-corrected chi connectivity index (χ1v) is 12.5. The lowest BCUT2D eigenvalue weighted by atomic mass is 10.0. The number of carbonyl (C=O) groups is 2. The van der Waals surface area contributed by atoms with Crippen molar-refractivity contribution in [3.05, 3.63) is 77.7 Å². The van der Waals surface area contributed by atoms with Crippen LogP contribution in [-0.4, -0.2) is 45.4 Å². The van der Waals surface area contributed by atoms with Crippen molar-refractivity contribution in [2.75, 3.05) is 12.9 Å². The lowest BCUT2D eigenvalue weighted by Gasteiger charge is -2.16. The molecule has 0 saturated carbocycles. The molecule has 2 aromatic carbocycles. The maximum Gasteiger partial charge on any atom is 0.231 e. The minimum Gasteiger partial charge on any atom is -0.495 e. The lowest BCUT2D eigenvalue weighted by Crippen LogP contribution is -2.42. The third-order valence-electron chi connectivity index (χ3n) is 5.14. The zero-order valence-electron chi connectivity index (χ0n) is 18.8. The number of ether oxygens (including phenoxy) is 1. The van der Waals surface area contributed by atoms with Gasteiger partial charge in [0.05, 0.1) is 29.5 Å². The van der Waals surface area contributed by atoms with E-state index in [1.165, 1.54) is 18.7 Å². The molecule has 2 aromatic heterocycles. The number of nitrogens with zero attached hydrogens (tertiary/aromatic N) is 3. The van der Waals surface area contributed by atoms with Crippen LogP contribution in [0.2, 0.25) is 0 Å². The molecule has 0 aliphatic rings. The molecule has 0 aliphatic carbocycles. The van der Waals surface area contributed by atoms with E-state index in [0.717, 1.165) is 16.1 Å². The highest BCUT2D eigenvalue weighted by Crippen LogP contribution is 2.34. The maximum atomic E-state index is 12.8. The van der Waals surface area contributed by atoms with E-state index < -0.39 is 6.04 Å². The summed E-state index contributed by atoms with van der Waals surface area (Å²) >= 11 is 2.82. The van der Waals surface area contributed by atoms with Gasteiger partial charge in [0, 0.05) is 0 Å². The maximum absolute atomic E-state index is 12.8. The van der Waals surface area contributed by atoms with E-state index in [-0.39, 0.29) is 17.4 Å². The van der Waals surface area contributed by atoms with Crippen LogP contribution < -0.4 is 10.1 Å². The minimum atomic E-state index is -0.579. The van der Waals surface area contributed by atoms with E-state index >= 15 is 0 Å². The standard InChI is InChI=1S/C25H24N4O3S2/c1-17(30)19(15-18-9-4-3-5-10-18)26-23(31)16-34-25-28-27-24(22-13-8-14-33-22)29(25)20-11-6-7-12-21(20)32-2/h3-14,19H,15-16H2,1-2H3,(H,26,31). The van der Waals surface area contributed by atoms with Gasteiger partial charge in [-0.3, -0.25) is 14.2 Å². The Morgan fingerprint density at radius 2 is 1.82 bits per heavy atom. The van der Waals surface area contributed by atoms with Crippen LogP contribution in [0.15, 0.2) is 77.3 Å². The number of ketones is 1. The molecule has 2 heterocycles. The van der Waals surface area contributed by atoms with Gasteiger partial charge in [-0.05, 0) is 42.5 Å². The largest absolute Gasteiger partial charge is 0.495 e. The number of benzene rings is 2. The molecule has 4 rings (SSSR count). The molecule has 1 unspecified atom stereocenters. The fourth-order valence-electron chi connectivity index (χ4n) is 3.47. The number of hydrogen-bond donors (Lipinski definition) is 1. The number of para-hydroxylation sites is 2. The minimum absolute atomic E-state index is 0.0839. The number of hydrogen-bond acceptors (Lipinski definition) is 7. The molecule has 0 saturated heterocycles. The van der Waals surface area contributed by atoms with E-state index in [9.17, 15) is 9.59 Å². The number of methoxy groups -OCH3 is 1. The molecule has 0 fully saturated rings. The van der Waals surface area contributed by atoms with E-state index in [4.69, 9.17) is 4.74 Å². The predicted octanol–water partition coefficient (Wildman–Crippen LogP) is 4.41. The van der Waals surface area contributed by atoms with Gasteiger partial charge in [-0.25, -0.2) is 0 Å². The van der Waals surface area contributed by atoms with Gasteiger partial charge in [-0.2, -0.15) is 0 Å². The van der Waals surface area contributed by atoms with Crippen LogP contribution in [0, 0.1) is 0 Å². The van der Waals surface area contributed by atoms with Crippen molar-refractivity contribution in [1.29, 1.82) is 0 Å². The van der Waals surface area contributed by atoms with Gasteiger partial charge in [-0.1, -0.05) is 60.3 Å².